The van der Waals surface area contributed by atoms with Crippen molar-refractivity contribution in [3.05, 3.63) is 42.1 Å². The number of aromatic nitrogens is 2. The Morgan fingerprint density at radius 2 is 2.14 bits per heavy atom. The Labute approximate surface area is 125 Å². The van der Waals surface area contributed by atoms with Crippen LogP contribution in [-0.4, -0.2) is 29.0 Å². The topological polar surface area (TPSA) is 49.9 Å². The summed E-state index contributed by atoms with van der Waals surface area (Å²) in [5, 5.41) is 10.6. The van der Waals surface area contributed by atoms with Crippen molar-refractivity contribution in [2.75, 3.05) is 6.61 Å². The highest BCUT2D eigenvalue weighted by Crippen LogP contribution is 2.18. The second kappa shape index (κ2) is 6.87. The molecule has 4 heteroatoms. The molecule has 2 heterocycles. The van der Waals surface area contributed by atoms with E-state index in [0.717, 1.165) is 38.1 Å². The van der Waals surface area contributed by atoms with Crippen molar-refractivity contribution in [2.45, 2.75) is 44.9 Å². The predicted octanol–water partition coefficient (Wildman–Crippen LogP) is 3.12. The van der Waals surface area contributed by atoms with Crippen molar-refractivity contribution in [3.63, 3.8) is 0 Å². The largest absolute Gasteiger partial charge is 0.378 e. The second-order valence-electron chi connectivity index (χ2n) is 5.67. The van der Waals surface area contributed by atoms with Gasteiger partial charge in [0.2, 0.25) is 0 Å². The van der Waals surface area contributed by atoms with Crippen LogP contribution in [0.5, 0.6) is 0 Å². The fraction of sp³-hybridized carbons (Fsp3) is 0.471. The van der Waals surface area contributed by atoms with Gasteiger partial charge < -0.3 is 10.1 Å². The van der Waals surface area contributed by atoms with E-state index in [9.17, 15) is 0 Å². The van der Waals surface area contributed by atoms with E-state index in [1.807, 2.05) is 6.07 Å². The first-order chi connectivity index (χ1) is 10.3. The Balaban J connectivity index is 1.53. The first kappa shape index (κ1) is 14.3. The molecule has 0 spiro atoms. The van der Waals surface area contributed by atoms with Crippen molar-refractivity contribution in [3.8, 4) is 11.3 Å². The quantitative estimate of drug-likeness (QED) is 0.887. The maximum atomic E-state index is 5.72. The molecule has 1 saturated heterocycles. The molecule has 1 aromatic heterocycles. The highest BCUT2D eigenvalue weighted by Gasteiger charge is 2.20. The number of rotatable bonds is 5. The standard InChI is InChI=1S/C17H23N3O/c1-2-16-11-15(8-10-21-16)18-12-13-3-5-14(6-4-13)17-7-9-19-20-17/h3-7,9,15-16,18H,2,8,10-12H2,1H3,(H,19,20). The van der Waals surface area contributed by atoms with Crippen molar-refractivity contribution in [1.82, 2.24) is 15.5 Å². The number of aromatic amines is 1. The van der Waals surface area contributed by atoms with Gasteiger partial charge in [-0.1, -0.05) is 31.2 Å². The van der Waals surface area contributed by atoms with Crippen molar-refractivity contribution < 1.29 is 4.74 Å². The van der Waals surface area contributed by atoms with E-state index in [1.54, 1.807) is 6.20 Å². The van der Waals surface area contributed by atoms with Crippen LogP contribution in [-0.2, 0) is 11.3 Å². The van der Waals surface area contributed by atoms with Gasteiger partial charge in [0.15, 0.2) is 0 Å². The van der Waals surface area contributed by atoms with Gasteiger partial charge in [0.05, 0.1) is 11.8 Å². The number of benzene rings is 1. The van der Waals surface area contributed by atoms with Crippen LogP contribution in [0, 0.1) is 0 Å². The first-order valence-electron chi connectivity index (χ1n) is 7.79. The normalized spacial score (nSPS) is 22.3. The predicted molar refractivity (Wildman–Crippen MR) is 83.9 cm³/mol. The van der Waals surface area contributed by atoms with E-state index in [1.165, 1.54) is 11.1 Å². The van der Waals surface area contributed by atoms with Crippen LogP contribution >= 0.6 is 0 Å². The summed E-state index contributed by atoms with van der Waals surface area (Å²) < 4.78 is 5.72. The van der Waals surface area contributed by atoms with E-state index in [4.69, 9.17) is 4.74 Å². The minimum Gasteiger partial charge on any atom is -0.378 e. The van der Waals surface area contributed by atoms with Crippen molar-refractivity contribution >= 4 is 0 Å². The third kappa shape index (κ3) is 3.71. The number of H-pyrrole nitrogens is 1. The van der Waals surface area contributed by atoms with Crippen LogP contribution in [0.4, 0.5) is 0 Å². The highest BCUT2D eigenvalue weighted by molar-refractivity contribution is 5.58. The highest BCUT2D eigenvalue weighted by atomic mass is 16.5. The zero-order chi connectivity index (χ0) is 14.5. The Kier molecular flexibility index (Phi) is 4.68. The summed E-state index contributed by atoms with van der Waals surface area (Å²) in [6.07, 6.45) is 5.56. The van der Waals surface area contributed by atoms with Crippen LogP contribution in [0.3, 0.4) is 0 Å². The van der Waals surface area contributed by atoms with Gasteiger partial charge in [0, 0.05) is 25.4 Å². The lowest BCUT2D eigenvalue weighted by molar-refractivity contribution is -0.000318. The first-order valence-corrected chi connectivity index (χ1v) is 7.79. The number of hydrogen-bond donors (Lipinski definition) is 2. The van der Waals surface area contributed by atoms with E-state index >= 15 is 0 Å². The molecular weight excluding hydrogens is 262 g/mol. The minimum absolute atomic E-state index is 0.430. The Bertz CT molecular complexity index is 536. The molecule has 0 aliphatic carbocycles. The zero-order valence-electron chi connectivity index (χ0n) is 12.5. The summed E-state index contributed by atoms with van der Waals surface area (Å²) in [6, 6.07) is 11.2. The molecule has 2 N–H and O–H groups in total. The Morgan fingerprint density at radius 1 is 1.29 bits per heavy atom. The van der Waals surface area contributed by atoms with Crippen LogP contribution in [0.1, 0.15) is 31.7 Å². The molecule has 112 valence electrons. The van der Waals surface area contributed by atoms with Gasteiger partial charge in [-0.15, -0.1) is 0 Å². The molecule has 4 nitrogen and oxygen atoms in total. The lowest BCUT2D eigenvalue weighted by Gasteiger charge is -2.29. The lowest BCUT2D eigenvalue weighted by atomic mass is 10.0. The van der Waals surface area contributed by atoms with Gasteiger partial charge in [-0.25, -0.2) is 0 Å². The van der Waals surface area contributed by atoms with Crippen molar-refractivity contribution in [2.24, 2.45) is 0 Å². The third-order valence-corrected chi connectivity index (χ3v) is 4.18. The maximum Gasteiger partial charge on any atom is 0.0650 e. The molecular formula is C17H23N3O. The summed E-state index contributed by atoms with van der Waals surface area (Å²) in [5.41, 5.74) is 3.55. The summed E-state index contributed by atoms with van der Waals surface area (Å²) >= 11 is 0. The van der Waals surface area contributed by atoms with Crippen molar-refractivity contribution in [1.29, 1.82) is 0 Å². The Morgan fingerprint density at radius 3 is 2.86 bits per heavy atom. The van der Waals surface area contributed by atoms with E-state index in [0.29, 0.717) is 12.1 Å². The molecule has 21 heavy (non-hydrogen) atoms. The Hall–Kier alpha value is -1.65. The molecule has 0 radical (unpaired) electrons. The molecule has 1 aliphatic heterocycles. The molecule has 3 rings (SSSR count). The molecule has 2 atom stereocenters. The van der Waals surface area contributed by atoms with Gasteiger partial charge in [-0.3, -0.25) is 5.10 Å². The van der Waals surface area contributed by atoms with E-state index in [-0.39, 0.29) is 0 Å². The molecule has 1 fully saturated rings. The van der Waals surface area contributed by atoms with E-state index in [2.05, 4.69) is 46.7 Å². The monoisotopic (exact) mass is 285 g/mol. The van der Waals surface area contributed by atoms with Crippen LogP contribution in [0.2, 0.25) is 0 Å². The molecule has 1 aliphatic rings. The zero-order valence-corrected chi connectivity index (χ0v) is 12.5. The van der Waals surface area contributed by atoms with Crippen LogP contribution in [0.15, 0.2) is 36.5 Å². The maximum absolute atomic E-state index is 5.72. The average Bonchev–Trinajstić information content (AvgIpc) is 3.08. The van der Waals surface area contributed by atoms with Gasteiger partial charge in [-0.05, 0) is 36.5 Å². The third-order valence-electron chi connectivity index (χ3n) is 4.18. The summed E-state index contributed by atoms with van der Waals surface area (Å²) in [7, 11) is 0. The summed E-state index contributed by atoms with van der Waals surface area (Å²) in [6.45, 7) is 4.00. The lowest BCUT2D eigenvalue weighted by Crippen LogP contribution is -2.38. The SMILES string of the molecule is CCC1CC(NCc2ccc(-c3ccn[nH]3)cc2)CCO1. The number of hydrogen-bond acceptors (Lipinski definition) is 3. The fourth-order valence-corrected chi connectivity index (χ4v) is 2.83. The summed E-state index contributed by atoms with van der Waals surface area (Å²) in [5.74, 6) is 0. The number of nitrogens with one attached hydrogen (secondary N) is 2. The summed E-state index contributed by atoms with van der Waals surface area (Å²) in [4.78, 5) is 0. The molecule has 0 saturated carbocycles. The van der Waals surface area contributed by atoms with Gasteiger partial charge in [0.25, 0.3) is 0 Å². The molecule has 2 aromatic rings. The fourth-order valence-electron chi connectivity index (χ4n) is 2.83. The second-order valence-corrected chi connectivity index (χ2v) is 5.67. The molecule has 1 aromatic carbocycles. The van der Waals surface area contributed by atoms with Gasteiger partial charge in [-0.2, -0.15) is 5.10 Å². The molecule has 0 amide bonds. The smallest absolute Gasteiger partial charge is 0.0650 e. The molecule has 2 unspecified atom stereocenters. The average molecular weight is 285 g/mol. The molecule has 0 bridgehead atoms. The van der Waals surface area contributed by atoms with E-state index < -0.39 is 0 Å². The van der Waals surface area contributed by atoms with Crippen LogP contribution in [0.25, 0.3) is 11.3 Å². The number of ether oxygens (including phenoxy) is 1. The van der Waals surface area contributed by atoms with Gasteiger partial charge >= 0.3 is 0 Å². The van der Waals surface area contributed by atoms with Crippen LogP contribution < -0.4 is 5.32 Å². The number of nitrogens with zero attached hydrogens (tertiary/aromatic N) is 1. The minimum atomic E-state index is 0.430. The van der Waals surface area contributed by atoms with Gasteiger partial charge in [0.1, 0.15) is 0 Å².